The summed E-state index contributed by atoms with van der Waals surface area (Å²) in [5.41, 5.74) is 3.81. The fraction of sp³-hybridized carbons (Fsp3) is 0.625. The lowest BCUT2D eigenvalue weighted by Gasteiger charge is -2.16. The Kier molecular flexibility index (Phi) is 4.65. The highest BCUT2D eigenvalue weighted by atomic mass is 16.5. The highest BCUT2D eigenvalue weighted by Crippen LogP contribution is 2.25. The van der Waals surface area contributed by atoms with Crippen LogP contribution in [0.1, 0.15) is 42.4 Å². The number of nitrogens with one attached hydrogen (secondary N) is 1. The molecular formula is C16H25NO. The van der Waals surface area contributed by atoms with E-state index in [1.54, 1.807) is 0 Å². The molecule has 0 amide bonds. The molecule has 18 heavy (non-hydrogen) atoms. The maximum Gasteiger partial charge on any atom is 0.125 e. The van der Waals surface area contributed by atoms with E-state index in [4.69, 9.17) is 4.74 Å². The van der Waals surface area contributed by atoms with Gasteiger partial charge < -0.3 is 10.1 Å². The van der Waals surface area contributed by atoms with Gasteiger partial charge in [-0.2, -0.15) is 0 Å². The molecule has 2 nitrogen and oxygen atoms in total. The molecule has 0 heterocycles. The SMILES string of the molecule is Cc1ccc(C)c(OCCNC2CCCC2)c1C. The zero-order valence-electron chi connectivity index (χ0n) is 11.9. The van der Waals surface area contributed by atoms with Gasteiger partial charge in [-0.1, -0.05) is 25.0 Å². The average Bonchev–Trinajstić information content (AvgIpc) is 2.86. The van der Waals surface area contributed by atoms with Crippen LogP contribution in [-0.2, 0) is 0 Å². The standard InChI is InChI=1S/C16H25NO/c1-12-8-9-13(2)16(14(12)3)18-11-10-17-15-6-4-5-7-15/h8-9,15,17H,4-7,10-11H2,1-3H3. The van der Waals surface area contributed by atoms with E-state index in [0.29, 0.717) is 0 Å². The predicted molar refractivity (Wildman–Crippen MR) is 76.4 cm³/mol. The van der Waals surface area contributed by atoms with Crippen LogP contribution >= 0.6 is 0 Å². The van der Waals surface area contributed by atoms with Gasteiger partial charge in [-0.15, -0.1) is 0 Å². The van der Waals surface area contributed by atoms with Crippen molar-refractivity contribution in [3.63, 3.8) is 0 Å². The molecule has 1 fully saturated rings. The van der Waals surface area contributed by atoms with Crippen LogP contribution in [0.4, 0.5) is 0 Å². The van der Waals surface area contributed by atoms with Crippen LogP contribution in [0.2, 0.25) is 0 Å². The van der Waals surface area contributed by atoms with E-state index >= 15 is 0 Å². The third-order valence-electron chi connectivity index (χ3n) is 4.01. The molecule has 2 rings (SSSR count). The van der Waals surface area contributed by atoms with Crippen molar-refractivity contribution in [1.82, 2.24) is 5.32 Å². The van der Waals surface area contributed by atoms with Crippen molar-refractivity contribution in [2.75, 3.05) is 13.2 Å². The minimum atomic E-state index is 0.730. The van der Waals surface area contributed by atoms with Crippen molar-refractivity contribution in [2.45, 2.75) is 52.5 Å². The van der Waals surface area contributed by atoms with E-state index in [9.17, 15) is 0 Å². The molecule has 0 aromatic heterocycles. The summed E-state index contributed by atoms with van der Waals surface area (Å²) in [5.74, 6) is 1.07. The van der Waals surface area contributed by atoms with Crippen LogP contribution in [0.5, 0.6) is 5.75 Å². The zero-order chi connectivity index (χ0) is 13.0. The summed E-state index contributed by atoms with van der Waals surface area (Å²) in [4.78, 5) is 0. The Balaban J connectivity index is 1.80. The summed E-state index contributed by atoms with van der Waals surface area (Å²) in [6, 6.07) is 5.03. The Hall–Kier alpha value is -1.02. The van der Waals surface area contributed by atoms with Gasteiger partial charge in [0.2, 0.25) is 0 Å². The molecule has 0 saturated heterocycles. The van der Waals surface area contributed by atoms with Gasteiger partial charge in [-0.25, -0.2) is 0 Å². The number of rotatable bonds is 5. The first-order valence-corrected chi connectivity index (χ1v) is 7.11. The smallest absolute Gasteiger partial charge is 0.125 e. The fourth-order valence-corrected chi connectivity index (χ4v) is 2.69. The third-order valence-corrected chi connectivity index (χ3v) is 4.01. The van der Waals surface area contributed by atoms with Gasteiger partial charge in [0, 0.05) is 12.6 Å². The van der Waals surface area contributed by atoms with E-state index < -0.39 is 0 Å². The highest BCUT2D eigenvalue weighted by Gasteiger charge is 2.13. The van der Waals surface area contributed by atoms with Gasteiger partial charge in [0.15, 0.2) is 0 Å². The van der Waals surface area contributed by atoms with Gasteiger partial charge in [0.05, 0.1) is 0 Å². The summed E-state index contributed by atoms with van der Waals surface area (Å²) in [6.45, 7) is 8.12. The van der Waals surface area contributed by atoms with E-state index in [0.717, 1.165) is 24.9 Å². The largest absolute Gasteiger partial charge is 0.492 e. The van der Waals surface area contributed by atoms with Crippen LogP contribution in [0.15, 0.2) is 12.1 Å². The summed E-state index contributed by atoms with van der Waals surface area (Å²) in [6.07, 6.45) is 5.44. The molecule has 1 aliphatic rings. The monoisotopic (exact) mass is 247 g/mol. The Morgan fingerprint density at radius 1 is 1.11 bits per heavy atom. The lowest BCUT2D eigenvalue weighted by molar-refractivity contribution is 0.301. The Bertz CT molecular complexity index is 394. The van der Waals surface area contributed by atoms with Crippen molar-refractivity contribution >= 4 is 0 Å². The second-order valence-corrected chi connectivity index (χ2v) is 5.44. The van der Waals surface area contributed by atoms with Crippen LogP contribution in [0.25, 0.3) is 0 Å². The predicted octanol–water partition coefficient (Wildman–Crippen LogP) is 3.52. The molecule has 2 heteroatoms. The van der Waals surface area contributed by atoms with Gasteiger partial charge in [-0.05, 0) is 50.3 Å². The maximum absolute atomic E-state index is 5.95. The first kappa shape index (κ1) is 13.4. The Morgan fingerprint density at radius 3 is 2.50 bits per heavy atom. The first-order chi connectivity index (χ1) is 8.68. The molecule has 1 aliphatic carbocycles. The van der Waals surface area contributed by atoms with Gasteiger partial charge in [-0.3, -0.25) is 0 Å². The zero-order valence-corrected chi connectivity index (χ0v) is 11.9. The molecule has 1 aromatic rings. The lowest BCUT2D eigenvalue weighted by Crippen LogP contribution is -2.30. The fourth-order valence-electron chi connectivity index (χ4n) is 2.69. The van der Waals surface area contributed by atoms with Crippen LogP contribution in [0, 0.1) is 20.8 Å². The van der Waals surface area contributed by atoms with Crippen LogP contribution < -0.4 is 10.1 Å². The van der Waals surface area contributed by atoms with E-state index in [2.05, 4.69) is 38.2 Å². The Labute approximate surface area is 111 Å². The normalized spacial score (nSPS) is 16.2. The minimum Gasteiger partial charge on any atom is -0.492 e. The van der Waals surface area contributed by atoms with Gasteiger partial charge in [0.25, 0.3) is 0 Å². The van der Waals surface area contributed by atoms with E-state index in [-0.39, 0.29) is 0 Å². The number of aryl methyl sites for hydroxylation is 2. The first-order valence-electron chi connectivity index (χ1n) is 7.11. The Morgan fingerprint density at radius 2 is 1.78 bits per heavy atom. The van der Waals surface area contributed by atoms with Crippen LogP contribution in [-0.4, -0.2) is 19.2 Å². The summed E-state index contributed by atoms with van der Waals surface area (Å²) < 4.78 is 5.95. The van der Waals surface area contributed by atoms with Crippen LogP contribution in [0.3, 0.4) is 0 Å². The molecule has 100 valence electrons. The average molecular weight is 247 g/mol. The molecule has 1 aromatic carbocycles. The molecule has 0 aliphatic heterocycles. The van der Waals surface area contributed by atoms with Gasteiger partial charge >= 0.3 is 0 Å². The number of hydrogen-bond donors (Lipinski definition) is 1. The minimum absolute atomic E-state index is 0.730. The van der Waals surface area contributed by atoms with E-state index in [1.165, 1.54) is 42.4 Å². The second kappa shape index (κ2) is 6.24. The number of ether oxygens (including phenoxy) is 1. The quantitative estimate of drug-likeness (QED) is 0.804. The lowest BCUT2D eigenvalue weighted by atomic mass is 10.1. The van der Waals surface area contributed by atoms with Crippen molar-refractivity contribution in [3.8, 4) is 5.75 Å². The summed E-state index contributed by atoms with van der Waals surface area (Å²) >= 11 is 0. The van der Waals surface area contributed by atoms with Gasteiger partial charge in [0.1, 0.15) is 12.4 Å². The van der Waals surface area contributed by atoms with E-state index in [1.807, 2.05) is 0 Å². The number of hydrogen-bond acceptors (Lipinski definition) is 2. The summed E-state index contributed by atoms with van der Waals surface area (Å²) in [5, 5.41) is 3.58. The van der Waals surface area contributed by atoms with Crippen molar-refractivity contribution in [2.24, 2.45) is 0 Å². The molecule has 0 bridgehead atoms. The molecular weight excluding hydrogens is 222 g/mol. The van der Waals surface area contributed by atoms with Crippen molar-refractivity contribution < 1.29 is 4.74 Å². The highest BCUT2D eigenvalue weighted by molar-refractivity contribution is 5.44. The molecule has 1 N–H and O–H groups in total. The molecule has 0 unspecified atom stereocenters. The van der Waals surface area contributed by atoms with Crippen molar-refractivity contribution in [1.29, 1.82) is 0 Å². The third kappa shape index (κ3) is 3.26. The maximum atomic E-state index is 5.95. The molecule has 0 radical (unpaired) electrons. The van der Waals surface area contributed by atoms with Crippen molar-refractivity contribution in [3.05, 3.63) is 28.8 Å². The molecule has 0 spiro atoms. The number of benzene rings is 1. The topological polar surface area (TPSA) is 21.3 Å². The molecule has 1 saturated carbocycles. The summed E-state index contributed by atoms with van der Waals surface area (Å²) in [7, 11) is 0. The second-order valence-electron chi connectivity index (χ2n) is 5.44. The molecule has 0 atom stereocenters.